The van der Waals surface area contributed by atoms with Gasteiger partial charge >= 0.3 is 0 Å². The fourth-order valence-electron chi connectivity index (χ4n) is 2.89. The second-order valence-corrected chi connectivity index (χ2v) is 8.51. The van der Waals surface area contributed by atoms with Gasteiger partial charge in [-0.2, -0.15) is 0 Å². The second-order valence-electron chi connectivity index (χ2n) is 8.51. The zero-order chi connectivity index (χ0) is 19.3. The van der Waals surface area contributed by atoms with E-state index in [1.165, 1.54) is 0 Å². The van der Waals surface area contributed by atoms with Crippen LogP contribution in [0.25, 0.3) is 0 Å². The molecular weight excluding hydrogens is 310 g/mol. The van der Waals surface area contributed by atoms with E-state index in [0.29, 0.717) is 0 Å². The summed E-state index contributed by atoms with van der Waals surface area (Å²) < 4.78 is 0. The largest absolute Gasteiger partial charge is 0.377 e. The van der Waals surface area contributed by atoms with Crippen molar-refractivity contribution >= 4 is 17.7 Å². The first-order chi connectivity index (χ1) is 10.7. The smallest absolute Gasteiger partial charge is 0.224 e. The normalized spacial score (nSPS) is 16.1. The Morgan fingerprint density at radius 3 is 1.42 bits per heavy atom. The Morgan fingerprint density at radius 1 is 0.875 bits per heavy atom. The predicted octanol–water partition coefficient (Wildman–Crippen LogP) is 0.744. The molecule has 0 aliphatic rings. The van der Waals surface area contributed by atoms with E-state index in [0.717, 1.165) is 0 Å². The van der Waals surface area contributed by atoms with E-state index < -0.39 is 53.0 Å². The summed E-state index contributed by atoms with van der Waals surface area (Å²) >= 11 is 0. The Balaban J connectivity index is 5.57. The molecule has 7 nitrogen and oxygen atoms in total. The minimum atomic E-state index is -0.648. The van der Waals surface area contributed by atoms with Gasteiger partial charge in [-0.15, -0.1) is 0 Å². The van der Waals surface area contributed by atoms with E-state index in [-0.39, 0.29) is 12.8 Å². The van der Waals surface area contributed by atoms with Gasteiger partial charge in [0.2, 0.25) is 17.7 Å². The van der Waals surface area contributed by atoms with E-state index in [2.05, 4.69) is 5.32 Å². The van der Waals surface area contributed by atoms with E-state index in [1.807, 2.05) is 41.5 Å². The first-order valence-corrected chi connectivity index (χ1v) is 8.19. The average molecular weight is 343 g/mol. The topological polar surface area (TPSA) is 136 Å². The zero-order valence-electron chi connectivity index (χ0n) is 15.7. The Morgan fingerprint density at radius 2 is 1.21 bits per heavy atom. The predicted molar refractivity (Wildman–Crippen MR) is 92.2 cm³/mol. The van der Waals surface area contributed by atoms with Gasteiger partial charge in [0, 0.05) is 17.8 Å². The third-order valence-corrected chi connectivity index (χ3v) is 4.44. The highest BCUT2D eigenvalue weighted by Crippen LogP contribution is 2.37. The van der Waals surface area contributed by atoms with Gasteiger partial charge in [-0.1, -0.05) is 41.5 Å². The Hall–Kier alpha value is -1.63. The van der Waals surface area contributed by atoms with Crippen LogP contribution < -0.4 is 16.8 Å². The molecule has 3 amide bonds. The minimum Gasteiger partial charge on any atom is -0.377 e. The maximum Gasteiger partial charge on any atom is 0.224 e. The molecule has 7 heteroatoms. The summed E-state index contributed by atoms with van der Waals surface area (Å²) in [6.45, 7) is 10.7. The van der Waals surface area contributed by atoms with Crippen LogP contribution in [-0.2, 0) is 14.4 Å². The third kappa shape index (κ3) is 6.86. The van der Waals surface area contributed by atoms with Crippen LogP contribution in [0.3, 0.4) is 0 Å². The van der Waals surface area contributed by atoms with Crippen LogP contribution in [0, 0.1) is 28.6 Å². The molecule has 0 heterocycles. The van der Waals surface area contributed by atoms with Crippen molar-refractivity contribution in [3.63, 3.8) is 0 Å². The monoisotopic (exact) mass is 343 g/mol. The van der Waals surface area contributed by atoms with Crippen molar-refractivity contribution in [1.29, 1.82) is 0 Å². The van der Waals surface area contributed by atoms with Crippen LogP contribution in [0.15, 0.2) is 0 Å². The Labute approximate surface area is 144 Å². The second kappa shape index (κ2) is 8.46. The molecule has 0 spiro atoms. The van der Waals surface area contributed by atoms with Gasteiger partial charge in [0.25, 0.3) is 0 Å². The summed E-state index contributed by atoms with van der Waals surface area (Å²) in [6.07, 6.45) is 0.398. The zero-order valence-corrected chi connectivity index (χ0v) is 15.7. The summed E-state index contributed by atoms with van der Waals surface area (Å²) in [5, 5.41) is 11.3. The lowest BCUT2D eigenvalue weighted by atomic mass is 9.70. The highest BCUT2D eigenvalue weighted by Gasteiger charge is 2.38. The van der Waals surface area contributed by atoms with Crippen molar-refractivity contribution in [1.82, 2.24) is 5.32 Å². The molecule has 24 heavy (non-hydrogen) atoms. The van der Waals surface area contributed by atoms with Crippen molar-refractivity contribution in [2.75, 3.05) is 6.73 Å². The molecule has 0 fully saturated rings. The highest BCUT2D eigenvalue weighted by molar-refractivity contribution is 5.83. The van der Waals surface area contributed by atoms with Gasteiger partial charge < -0.3 is 21.9 Å². The molecular formula is C17H33N3O4. The lowest BCUT2D eigenvalue weighted by Crippen LogP contribution is -2.43. The molecule has 0 saturated heterocycles. The number of carbonyl (C=O) groups excluding carboxylic acids is 3. The van der Waals surface area contributed by atoms with Crippen LogP contribution in [0.1, 0.15) is 54.4 Å². The molecule has 0 bridgehead atoms. The van der Waals surface area contributed by atoms with Crippen LogP contribution >= 0.6 is 0 Å². The molecule has 0 aromatic carbocycles. The first-order valence-electron chi connectivity index (χ1n) is 8.19. The summed E-state index contributed by atoms with van der Waals surface area (Å²) in [7, 11) is 0. The van der Waals surface area contributed by atoms with Gasteiger partial charge in [-0.25, -0.2) is 0 Å². The minimum absolute atomic E-state index is 0.199. The van der Waals surface area contributed by atoms with Crippen LogP contribution in [0.4, 0.5) is 0 Å². The number of hydrogen-bond acceptors (Lipinski definition) is 4. The van der Waals surface area contributed by atoms with Crippen molar-refractivity contribution < 1.29 is 19.5 Å². The fraction of sp³-hybridized carbons (Fsp3) is 0.824. The maximum absolute atomic E-state index is 12.3. The van der Waals surface area contributed by atoms with Crippen molar-refractivity contribution in [2.24, 2.45) is 40.1 Å². The summed E-state index contributed by atoms with van der Waals surface area (Å²) in [4.78, 5) is 36.0. The van der Waals surface area contributed by atoms with Crippen LogP contribution in [0.2, 0.25) is 0 Å². The molecule has 2 unspecified atom stereocenters. The SMILES string of the molecule is CC(C)(C)C(CC(CC(C(N)=O)C(C)(C)C)C(=O)NCO)C(N)=O. The molecule has 0 saturated carbocycles. The van der Waals surface area contributed by atoms with Crippen LogP contribution in [0.5, 0.6) is 0 Å². The molecule has 140 valence electrons. The molecule has 0 aromatic heterocycles. The number of primary amides is 2. The van der Waals surface area contributed by atoms with Gasteiger partial charge in [0.1, 0.15) is 6.73 Å². The molecule has 0 aliphatic heterocycles. The lowest BCUT2D eigenvalue weighted by Gasteiger charge is -2.34. The van der Waals surface area contributed by atoms with Crippen molar-refractivity contribution in [3.8, 4) is 0 Å². The number of rotatable bonds is 8. The first kappa shape index (κ1) is 22.4. The van der Waals surface area contributed by atoms with Gasteiger partial charge in [-0.05, 0) is 23.7 Å². The van der Waals surface area contributed by atoms with Crippen LogP contribution in [-0.4, -0.2) is 29.6 Å². The fourth-order valence-corrected chi connectivity index (χ4v) is 2.89. The van der Waals surface area contributed by atoms with E-state index in [9.17, 15) is 14.4 Å². The van der Waals surface area contributed by atoms with Gasteiger partial charge in [0.05, 0.1) is 0 Å². The number of carbonyl (C=O) groups is 3. The van der Waals surface area contributed by atoms with E-state index >= 15 is 0 Å². The third-order valence-electron chi connectivity index (χ3n) is 4.44. The number of aliphatic hydroxyl groups excluding tert-OH is 1. The quantitative estimate of drug-likeness (QED) is 0.483. The molecule has 2 atom stereocenters. The highest BCUT2D eigenvalue weighted by atomic mass is 16.3. The molecule has 0 rings (SSSR count). The van der Waals surface area contributed by atoms with E-state index in [4.69, 9.17) is 16.6 Å². The molecule has 0 aliphatic carbocycles. The Kier molecular flexibility index (Phi) is 7.89. The van der Waals surface area contributed by atoms with Crippen molar-refractivity contribution in [2.45, 2.75) is 54.4 Å². The molecule has 0 aromatic rings. The van der Waals surface area contributed by atoms with Crippen molar-refractivity contribution in [3.05, 3.63) is 0 Å². The summed E-state index contributed by atoms with van der Waals surface area (Å²) in [5.74, 6) is -3.12. The number of aliphatic hydroxyl groups is 1. The van der Waals surface area contributed by atoms with Gasteiger partial charge in [-0.3, -0.25) is 14.4 Å². The number of nitrogens with two attached hydrogens (primary N) is 2. The standard InChI is InChI=1S/C17H33N3O4/c1-16(2,3)11(13(18)22)7-10(15(24)20-9-21)8-12(14(19)23)17(4,5)6/h10-12,21H,7-9H2,1-6H3,(H2,18,22)(H2,19,23)(H,20,24). The number of hydrogen-bond donors (Lipinski definition) is 4. The van der Waals surface area contributed by atoms with E-state index in [1.54, 1.807) is 0 Å². The maximum atomic E-state index is 12.3. The van der Waals surface area contributed by atoms with Gasteiger partial charge in [0.15, 0.2) is 0 Å². The lowest BCUT2D eigenvalue weighted by molar-refractivity contribution is -0.132. The molecule has 0 radical (unpaired) electrons. The Bertz CT molecular complexity index is 429. The summed E-state index contributed by atoms with van der Waals surface area (Å²) in [5.41, 5.74) is 10.2. The number of nitrogens with one attached hydrogen (secondary N) is 1. The molecule has 6 N–H and O–H groups in total. The average Bonchev–Trinajstić information content (AvgIpc) is 2.34. The summed E-state index contributed by atoms with van der Waals surface area (Å²) in [6, 6.07) is 0. The number of amides is 3.